The summed E-state index contributed by atoms with van der Waals surface area (Å²) in [6, 6.07) is -0.741. The SMILES string of the molecule is Cc1nsc(NC(=O)NC2CCCCC2C(=O)O)n1. The first kappa shape index (κ1) is 13.7. The van der Waals surface area contributed by atoms with Crippen LogP contribution in [0.4, 0.5) is 9.93 Å². The second-order valence-electron chi connectivity index (χ2n) is 4.58. The Balaban J connectivity index is 1.91. The lowest BCUT2D eigenvalue weighted by atomic mass is 9.84. The molecule has 19 heavy (non-hydrogen) atoms. The molecule has 2 rings (SSSR count). The summed E-state index contributed by atoms with van der Waals surface area (Å²) < 4.78 is 3.95. The van der Waals surface area contributed by atoms with Crippen LogP contribution >= 0.6 is 11.5 Å². The Hall–Kier alpha value is -1.70. The number of aromatic nitrogens is 2. The highest BCUT2D eigenvalue weighted by Crippen LogP contribution is 2.24. The number of aryl methyl sites for hydroxylation is 1. The Kier molecular flexibility index (Phi) is 4.31. The molecule has 0 radical (unpaired) electrons. The summed E-state index contributed by atoms with van der Waals surface area (Å²) in [6.07, 6.45) is 3.14. The van der Waals surface area contributed by atoms with Gasteiger partial charge in [0, 0.05) is 17.6 Å². The van der Waals surface area contributed by atoms with E-state index in [-0.39, 0.29) is 6.04 Å². The van der Waals surface area contributed by atoms with Crippen molar-refractivity contribution in [3.05, 3.63) is 5.82 Å². The highest BCUT2D eigenvalue weighted by atomic mass is 32.1. The molecule has 2 atom stereocenters. The zero-order valence-electron chi connectivity index (χ0n) is 10.5. The molecule has 1 aliphatic carbocycles. The van der Waals surface area contributed by atoms with Crippen LogP contribution in [0.25, 0.3) is 0 Å². The number of carboxylic acid groups (broad SMARTS) is 1. The number of hydrogen-bond donors (Lipinski definition) is 3. The molecule has 1 fully saturated rings. The van der Waals surface area contributed by atoms with Gasteiger partial charge in [0.15, 0.2) is 0 Å². The maximum Gasteiger partial charge on any atom is 0.321 e. The smallest absolute Gasteiger partial charge is 0.321 e. The Bertz CT molecular complexity index is 476. The Labute approximate surface area is 114 Å². The summed E-state index contributed by atoms with van der Waals surface area (Å²) >= 11 is 1.10. The van der Waals surface area contributed by atoms with E-state index in [0.29, 0.717) is 23.8 Å². The minimum Gasteiger partial charge on any atom is -0.481 e. The van der Waals surface area contributed by atoms with Crippen LogP contribution < -0.4 is 10.6 Å². The number of hydrogen-bond acceptors (Lipinski definition) is 5. The fraction of sp³-hybridized carbons (Fsp3) is 0.636. The van der Waals surface area contributed by atoms with E-state index in [9.17, 15) is 9.59 Å². The van der Waals surface area contributed by atoms with Crippen molar-refractivity contribution in [3.8, 4) is 0 Å². The highest BCUT2D eigenvalue weighted by Gasteiger charge is 2.31. The topological polar surface area (TPSA) is 104 Å². The van der Waals surface area contributed by atoms with Crippen molar-refractivity contribution < 1.29 is 14.7 Å². The number of anilines is 1. The Morgan fingerprint density at radius 3 is 2.74 bits per heavy atom. The normalized spacial score (nSPS) is 22.8. The van der Waals surface area contributed by atoms with E-state index in [0.717, 1.165) is 24.4 Å². The molecular formula is C11H16N4O3S. The predicted molar refractivity (Wildman–Crippen MR) is 70.2 cm³/mol. The van der Waals surface area contributed by atoms with Gasteiger partial charge in [-0.05, 0) is 19.8 Å². The second kappa shape index (κ2) is 5.96. The van der Waals surface area contributed by atoms with Crippen molar-refractivity contribution in [2.24, 2.45) is 5.92 Å². The van der Waals surface area contributed by atoms with E-state index < -0.39 is 17.9 Å². The first-order chi connectivity index (χ1) is 9.06. The number of carbonyl (C=O) groups excluding carboxylic acids is 1. The third kappa shape index (κ3) is 3.63. The van der Waals surface area contributed by atoms with Gasteiger partial charge in [0.1, 0.15) is 5.82 Å². The predicted octanol–water partition coefficient (Wildman–Crippen LogP) is 1.61. The molecule has 1 aliphatic rings. The molecule has 0 aliphatic heterocycles. The number of carbonyl (C=O) groups is 2. The van der Waals surface area contributed by atoms with Crippen molar-refractivity contribution in [2.45, 2.75) is 38.6 Å². The van der Waals surface area contributed by atoms with Crippen LogP contribution in [0.2, 0.25) is 0 Å². The third-order valence-corrected chi connectivity index (χ3v) is 3.87. The number of amides is 2. The van der Waals surface area contributed by atoms with Gasteiger partial charge in [-0.1, -0.05) is 12.8 Å². The minimum atomic E-state index is -0.850. The van der Waals surface area contributed by atoms with E-state index in [1.807, 2.05) is 0 Å². The van der Waals surface area contributed by atoms with Gasteiger partial charge in [0.05, 0.1) is 5.92 Å². The lowest BCUT2D eigenvalue weighted by Crippen LogP contribution is -2.46. The lowest BCUT2D eigenvalue weighted by molar-refractivity contribution is -0.143. The standard InChI is InChI=1S/C11H16N4O3S/c1-6-12-11(19-15-6)14-10(18)13-8-5-3-2-4-7(8)9(16)17/h7-8H,2-5H2,1H3,(H,16,17)(H2,12,13,14,15,18). The molecular weight excluding hydrogens is 268 g/mol. The van der Waals surface area contributed by atoms with Crippen LogP contribution in [0.3, 0.4) is 0 Å². The molecule has 1 aromatic rings. The van der Waals surface area contributed by atoms with Crippen molar-refractivity contribution in [1.82, 2.24) is 14.7 Å². The van der Waals surface area contributed by atoms with E-state index in [2.05, 4.69) is 20.0 Å². The molecule has 1 heterocycles. The molecule has 0 bridgehead atoms. The minimum absolute atomic E-state index is 0.319. The zero-order chi connectivity index (χ0) is 13.8. The van der Waals surface area contributed by atoms with E-state index >= 15 is 0 Å². The van der Waals surface area contributed by atoms with Crippen LogP contribution in [-0.4, -0.2) is 32.5 Å². The molecule has 2 unspecified atom stereocenters. The molecule has 0 aromatic carbocycles. The maximum absolute atomic E-state index is 11.8. The van der Waals surface area contributed by atoms with Gasteiger partial charge in [-0.2, -0.15) is 4.37 Å². The largest absolute Gasteiger partial charge is 0.481 e. The maximum atomic E-state index is 11.8. The molecule has 3 N–H and O–H groups in total. The van der Waals surface area contributed by atoms with E-state index in [1.54, 1.807) is 6.92 Å². The molecule has 1 saturated carbocycles. The van der Waals surface area contributed by atoms with E-state index in [4.69, 9.17) is 5.11 Å². The molecule has 7 nitrogen and oxygen atoms in total. The van der Waals surface area contributed by atoms with Crippen molar-refractivity contribution in [3.63, 3.8) is 0 Å². The summed E-state index contributed by atoms with van der Waals surface area (Å²) in [6.45, 7) is 1.74. The molecule has 8 heteroatoms. The van der Waals surface area contributed by atoms with Crippen LogP contribution in [0, 0.1) is 12.8 Å². The fourth-order valence-corrected chi connectivity index (χ4v) is 2.82. The summed E-state index contributed by atoms with van der Waals surface area (Å²) in [5.41, 5.74) is 0. The quantitative estimate of drug-likeness (QED) is 0.782. The van der Waals surface area contributed by atoms with Gasteiger partial charge in [0.25, 0.3) is 0 Å². The van der Waals surface area contributed by atoms with Crippen molar-refractivity contribution >= 4 is 28.7 Å². The Morgan fingerprint density at radius 2 is 2.11 bits per heavy atom. The van der Waals surface area contributed by atoms with Crippen molar-refractivity contribution in [2.75, 3.05) is 5.32 Å². The summed E-state index contributed by atoms with van der Waals surface area (Å²) in [5, 5.41) is 14.8. The van der Waals surface area contributed by atoms with Crippen LogP contribution in [-0.2, 0) is 4.79 Å². The van der Waals surface area contributed by atoms with Gasteiger partial charge in [-0.25, -0.2) is 9.78 Å². The van der Waals surface area contributed by atoms with Crippen LogP contribution in [0.1, 0.15) is 31.5 Å². The number of nitrogens with zero attached hydrogens (tertiary/aromatic N) is 2. The van der Waals surface area contributed by atoms with Gasteiger partial charge in [-0.15, -0.1) is 0 Å². The average molecular weight is 284 g/mol. The fourth-order valence-electron chi connectivity index (χ4n) is 2.25. The first-order valence-electron chi connectivity index (χ1n) is 6.17. The number of urea groups is 1. The number of aliphatic carboxylic acids is 1. The zero-order valence-corrected chi connectivity index (χ0v) is 11.4. The highest BCUT2D eigenvalue weighted by molar-refractivity contribution is 7.09. The Morgan fingerprint density at radius 1 is 1.37 bits per heavy atom. The number of carboxylic acids is 1. The number of rotatable bonds is 3. The van der Waals surface area contributed by atoms with Gasteiger partial charge < -0.3 is 10.4 Å². The average Bonchev–Trinajstić information content (AvgIpc) is 2.75. The van der Waals surface area contributed by atoms with Gasteiger partial charge >= 0.3 is 12.0 Å². The molecule has 0 spiro atoms. The van der Waals surface area contributed by atoms with E-state index in [1.165, 1.54) is 0 Å². The number of nitrogens with one attached hydrogen (secondary N) is 2. The summed E-state index contributed by atoms with van der Waals surface area (Å²) in [4.78, 5) is 26.9. The van der Waals surface area contributed by atoms with Crippen LogP contribution in [0.15, 0.2) is 0 Å². The monoisotopic (exact) mass is 284 g/mol. The summed E-state index contributed by atoms with van der Waals surface area (Å²) in [5.74, 6) is -0.756. The molecule has 0 saturated heterocycles. The lowest BCUT2D eigenvalue weighted by Gasteiger charge is -2.28. The third-order valence-electron chi connectivity index (χ3n) is 3.15. The molecule has 1 aromatic heterocycles. The van der Waals surface area contributed by atoms with Gasteiger partial charge in [-0.3, -0.25) is 10.1 Å². The van der Waals surface area contributed by atoms with Crippen molar-refractivity contribution in [1.29, 1.82) is 0 Å². The second-order valence-corrected chi connectivity index (χ2v) is 5.33. The summed E-state index contributed by atoms with van der Waals surface area (Å²) in [7, 11) is 0. The molecule has 104 valence electrons. The van der Waals surface area contributed by atoms with Crippen LogP contribution in [0.5, 0.6) is 0 Å². The van der Waals surface area contributed by atoms with Gasteiger partial charge in [0.2, 0.25) is 5.13 Å². The first-order valence-corrected chi connectivity index (χ1v) is 6.94. The molecule has 2 amide bonds.